The number of piperidine rings is 1. The van der Waals surface area contributed by atoms with E-state index >= 15 is 0 Å². The third-order valence-electron chi connectivity index (χ3n) is 8.46. The van der Waals surface area contributed by atoms with Crippen LogP contribution in [-0.2, 0) is 29.3 Å². The number of rotatable bonds is 2. The van der Waals surface area contributed by atoms with Crippen molar-refractivity contribution in [2.24, 2.45) is 5.41 Å². The predicted octanol–water partition coefficient (Wildman–Crippen LogP) is 3.36. The first-order valence-corrected chi connectivity index (χ1v) is 12.0. The van der Waals surface area contributed by atoms with E-state index in [1.165, 1.54) is 12.0 Å². The molecule has 0 aromatic heterocycles. The molecule has 4 aliphatic rings. The van der Waals surface area contributed by atoms with Gasteiger partial charge in [0.1, 0.15) is 11.4 Å². The Morgan fingerprint density at radius 3 is 2.53 bits per heavy atom. The average molecular weight is 469 g/mol. The number of para-hydroxylation sites is 1. The Labute approximate surface area is 199 Å². The number of ether oxygens (including phenoxy) is 2. The van der Waals surface area contributed by atoms with Gasteiger partial charge in [0.2, 0.25) is 6.41 Å². The van der Waals surface area contributed by atoms with Gasteiger partial charge in [0, 0.05) is 19.4 Å². The Bertz CT molecular complexity index is 1080. The molecule has 34 heavy (non-hydrogen) atoms. The number of benzene rings is 1. The normalized spacial score (nSPS) is 34.0. The molecule has 2 bridgehead atoms. The van der Waals surface area contributed by atoms with Gasteiger partial charge in [0.25, 0.3) is 0 Å². The van der Waals surface area contributed by atoms with Gasteiger partial charge in [-0.1, -0.05) is 18.2 Å². The molecule has 0 radical (unpaired) electrons. The largest absolute Gasteiger partial charge is 0.467 e. The highest BCUT2D eigenvalue weighted by Crippen LogP contribution is 2.70. The Kier molecular flexibility index (Phi) is 4.91. The van der Waals surface area contributed by atoms with Gasteiger partial charge in [-0.25, -0.2) is 9.59 Å². The zero-order valence-corrected chi connectivity index (χ0v) is 20.3. The van der Waals surface area contributed by atoms with Crippen LogP contribution in [0.2, 0.25) is 0 Å². The molecule has 2 aliphatic heterocycles. The topological polar surface area (TPSA) is 93.2 Å². The summed E-state index contributed by atoms with van der Waals surface area (Å²) < 4.78 is 11.2. The van der Waals surface area contributed by atoms with Gasteiger partial charge in [-0.15, -0.1) is 0 Å². The molecular weight excluding hydrogens is 436 g/mol. The summed E-state index contributed by atoms with van der Waals surface area (Å²) in [7, 11) is 1.31. The van der Waals surface area contributed by atoms with Crippen molar-refractivity contribution in [3.05, 3.63) is 29.8 Å². The molecule has 0 unspecified atom stereocenters. The van der Waals surface area contributed by atoms with Crippen LogP contribution in [0, 0.1) is 5.41 Å². The van der Waals surface area contributed by atoms with E-state index in [1.807, 2.05) is 18.2 Å². The van der Waals surface area contributed by atoms with Gasteiger partial charge < -0.3 is 14.4 Å². The minimum Gasteiger partial charge on any atom is -0.467 e. The number of fused-ring (bicyclic) bond motifs is 1. The van der Waals surface area contributed by atoms with Crippen molar-refractivity contribution in [3.63, 3.8) is 0 Å². The third-order valence-corrected chi connectivity index (χ3v) is 8.46. The van der Waals surface area contributed by atoms with Crippen LogP contribution >= 0.6 is 0 Å². The number of anilines is 1. The van der Waals surface area contributed by atoms with Crippen LogP contribution < -0.4 is 4.90 Å². The summed E-state index contributed by atoms with van der Waals surface area (Å²) in [6, 6.07) is 6.96. The minimum absolute atomic E-state index is 0.0535. The lowest BCUT2D eigenvalue weighted by molar-refractivity contribution is -0.175. The number of carbonyl (C=O) groups is 4. The molecule has 2 saturated carbocycles. The molecule has 3 fully saturated rings. The molecule has 1 aromatic rings. The van der Waals surface area contributed by atoms with Gasteiger partial charge in [-0.05, 0) is 63.5 Å². The van der Waals surface area contributed by atoms with Crippen molar-refractivity contribution in [1.29, 1.82) is 0 Å². The molecule has 1 aromatic carbocycles. The average Bonchev–Trinajstić information content (AvgIpc) is 3.02. The highest BCUT2D eigenvalue weighted by atomic mass is 16.6. The lowest BCUT2D eigenvalue weighted by Crippen LogP contribution is -2.79. The molecule has 2 aliphatic carbocycles. The van der Waals surface area contributed by atoms with E-state index < -0.39 is 40.1 Å². The van der Waals surface area contributed by atoms with Gasteiger partial charge in [-0.3, -0.25) is 14.5 Å². The number of amides is 2. The van der Waals surface area contributed by atoms with E-state index in [0.29, 0.717) is 31.5 Å². The van der Waals surface area contributed by atoms with Crippen LogP contribution in [0.3, 0.4) is 0 Å². The number of likely N-dealkylation sites (tertiary alicyclic amines) is 1. The standard InChI is InChI=1S/C26H32N2O6/c1-23(2,3)34-22(32)28-19-9-6-5-8-18(19)25-15-17(30)14-24(10-7-13-27(16-29)20(24)25)11-12-26(25,28)21(31)33-4/h5-6,8-9,16,20H,7,10-15H2,1-4H3/t20-,24+,25-,26+/m0/s1. The van der Waals surface area contributed by atoms with Crippen molar-refractivity contribution in [2.75, 3.05) is 18.6 Å². The Morgan fingerprint density at radius 1 is 1.12 bits per heavy atom. The number of nitrogens with zero attached hydrogens (tertiary/aromatic N) is 2. The first kappa shape index (κ1) is 22.9. The molecule has 182 valence electrons. The van der Waals surface area contributed by atoms with Crippen LogP contribution in [0.15, 0.2) is 24.3 Å². The summed E-state index contributed by atoms with van der Waals surface area (Å²) in [5, 5.41) is 0. The molecule has 5 rings (SSSR count). The second-order valence-corrected chi connectivity index (χ2v) is 11.3. The van der Waals surface area contributed by atoms with E-state index in [4.69, 9.17) is 9.47 Å². The van der Waals surface area contributed by atoms with Crippen molar-refractivity contribution in [1.82, 2.24) is 4.90 Å². The summed E-state index contributed by atoms with van der Waals surface area (Å²) in [6.45, 7) is 5.88. The Balaban J connectivity index is 1.84. The summed E-state index contributed by atoms with van der Waals surface area (Å²) in [4.78, 5) is 56.7. The minimum atomic E-state index is -1.49. The molecule has 4 atom stereocenters. The number of esters is 1. The maximum Gasteiger partial charge on any atom is 0.415 e. The highest BCUT2D eigenvalue weighted by molar-refractivity contribution is 6.06. The van der Waals surface area contributed by atoms with E-state index in [0.717, 1.165) is 24.8 Å². The lowest BCUT2D eigenvalue weighted by atomic mass is 9.42. The fraction of sp³-hybridized carbons (Fsp3) is 0.615. The van der Waals surface area contributed by atoms with Gasteiger partial charge in [0.05, 0.1) is 24.3 Å². The third kappa shape index (κ3) is 2.71. The van der Waals surface area contributed by atoms with Crippen molar-refractivity contribution >= 4 is 29.9 Å². The number of ketones is 1. The summed E-state index contributed by atoms with van der Waals surface area (Å²) in [6.07, 6.45) is 3.14. The quantitative estimate of drug-likeness (QED) is 0.488. The van der Waals surface area contributed by atoms with E-state index in [2.05, 4.69) is 0 Å². The summed E-state index contributed by atoms with van der Waals surface area (Å²) in [5.41, 5.74) is -2.53. The second-order valence-electron chi connectivity index (χ2n) is 11.3. The fourth-order valence-corrected chi connectivity index (χ4v) is 7.71. The smallest absolute Gasteiger partial charge is 0.415 e. The van der Waals surface area contributed by atoms with Crippen LogP contribution in [-0.4, -0.2) is 60.0 Å². The molecule has 1 spiro atoms. The zero-order chi connectivity index (χ0) is 24.5. The number of Topliss-reactive ketones (excluding diaryl/α,β-unsaturated/α-hetero) is 1. The first-order valence-electron chi connectivity index (χ1n) is 12.0. The van der Waals surface area contributed by atoms with Gasteiger partial charge >= 0.3 is 12.1 Å². The first-order chi connectivity index (χ1) is 16.1. The maximum atomic E-state index is 13.9. The number of methoxy groups -OCH3 is 1. The number of carbonyl (C=O) groups excluding carboxylic acids is 4. The lowest BCUT2D eigenvalue weighted by Gasteiger charge is -2.66. The highest BCUT2D eigenvalue weighted by Gasteiger charge is 2.79. The van der Waals surface area contributed by atoms with Crippen LogP contribution in [0.4, 0.5) is 10.5 Å². The number of hydrogen-bond donors (Lipinski definition) is 0. The van der Waals surface area contributed by atoms with E-state index in [-0.39, 0.29) is 12.2 Å². The Morgan fingerprint density at radius 2 is 1.85 bits per heavy atom. The van der Waals surface area contributed by atoms with Gasteiger partial charge in [0.15, 0.2) is 5.54 Å². The second kappa shape index (κ2) is 7.30. The van der Waals surface area contributed by atoms with E-state index in [1.54, 1.807) is 31.7 Å². The summed E-state index contributed by atoms with van der Waals surface area (Å²) >= 11 is 0. The molecule has 1 saturated heterocycles. The fourth-order valence-electron chi connectivity index (χ4n) is 7.71. The molecular formula is C26H32N2O6. The molecule has 2 heterocycles. The maximum absolute atomic E-state index is 13.9. The van der Waals surface area contributed by atoms with Crippen molar-refractivity contribution in [3.8, 4) is 0 Å². The van der Waals surface area contributed by atoms with Crippen LogP contribution in [0.5, 0.6) is 0 Å². The molecule has 2 amide bonds. The summed E-state index contributed by atoms with van der Waals surface area (Å²) in [5.74, 6) is -0.521. The van der Waals surface area contributed by atoms with Gasteiger partial charge in [-0.2, -0.15) is 0 Å². The van der Waals surface area contributed by atoms with E-state index in [9.17, 15) is 19.2 Å². The number of hydrogen-bond acceptors (Lipinski definition) is 6. The molecule has 8 nitrogen and oxygen atoms in total. The monoisotopic (exact) mass is 468 g/mol. The predicted molar refractivity (Wildman–Crippen MR) is 123 cm³/mol. The molecule has 8 heteroatoms. The SMILES string of the molecule is COC(=O)[C@]12CC[C@@]34CCCN(C=O)[C@@H]3[C@]1(CC(=O)C4)c1ccccc1N2C(=O)OC(C)(C)C. The van der Waals surface area contributed by atoms with Crippen molar-refractivity contribution < 1.29 is 28.7 Å². The van der Waals surface area contributed by atoms with Crippen LogP contribution in [0.1, 0.15) is 64.9 Å². The van der Waals surface area contributed by atoms with Crippen LogP contribution in [0.25, 0.3) is 0 Å². The molecule has 0 N–H and O–H groups in total. The van der Waals surface area contributed by atoms with Crippen molar-refractivity contribution in [2.45, 2.75) is 81.9 Å². The Hall–Kier alpha value is -2.90. The zero-order valence-electron chi connectivity index (χ0n) is 20.3.